The molecule has 2 aromatic rings. The number of piperazine rings is 1. The van der Waals surface area contributed by atoms with E-state index < -0.39 is 0 Å². The molecule has 2 saturated heterocycles. The number of aryl methyl sites for hydroxylation is 1. The summed E-state index contributed by atoms with van der Waals surface area (Å²) in [6.07, 6.45) is 6.40. The van der Waals surface area contributed by atoms with Gasteiger partial charge in [-0.15, -0.1) is 0 Å². The number of ether oxygens (including phenoxy) is 1. The summed E-state index contributed by atoms with van der Waals surface area (Å²) in [6.45, 7) is 8.69. The minimum absolute atomic E-state index is 0.0187. The van der Waals surface area contributed by atoms with Gasteiger partial charge in [0, 0.05) is 56.6 Å². The Labute approximate surface area is 219 Å². The third-order valence-corrected chi connectivity index (χ3v) is 8.65. The zero-order chi connectivity index (χ0) is 25.5. The molecule has 6 rings (SSSR count). The van der Waals surface area contributed by atoms with Gasteiger partial charge in [0.1, 0.15) is 6.54 Å². The molecule has 2 amide bonds. The summed E-state index contributed by atoms with van der Waals surface area (Å²) < 4.78 is 7.64. The first-order valence-corrected chi connectivity index (χ1v) is 14.1. The van der Waals surface area contributed by atoms with Gasteiger partial charge in [0.2, 0.25) is 5.91 Å². The van der Waals surface area contributed by atoms with E-state index in [1.165, 1.54) is 30.4 Å². The fourth-order valence-electron chi connectivity index (χ4n) is 6.92. The van der Waals surface area contributed by atoms with Crippen LogP contribution in [0.4, 0.5) is 0 Å². The predicted octanol–water partition coefficient (Wildman–Crippen LogP) is 2.84. The number of aromatic nitrogens is 2. The third-order valence-electron chi connectivity index (χ3n) is 8.65. The number of carbonyl (C=O) groups is 2. The van der Waals surface area contributed by atoms with Crippen LogP contribution >= 0.6 is 0 Å². The van der Waals surface area contributed by atoms with E-state index in [0.29, 0.717) is 24.8 Å². The van der Waals surface area contributed by atoms with Gasteiger partial charge in [-0.05, 0) is 63.5 Å². The molecular formula is C29H39N5O3. The number of nitrogens with zero attached hydrogens (tertiary/aromatic N) is 5. The molecule has 198 valence electrons. The summed E-state index contributed by atoms with van der Waals surface area (Å²) in [4.78, 5) is 33.2. The van der Waals surface area contributed by atoms with E-state index in [2.05, 4.69) is 29.2 Å². The molecule has 37 heavy (non-hydrogen) atoms. The molecule has 2 fully saturated rings. The minimum Gasteiger partial charge on any atom is -0.372 e. The SMILES string of the molecule is C[C@@H]1CN(C(=O)c2nn(CC(=O)N3CCN(C4CCCc5ccccc54)CC3)c3c2CCC3)C[C@H](C)O1. The van der Waals surface area contributed by atoms with Crippen LogP contribution in [-0.4, -0.2) is 87.8 Å². The second-order valence-electron chi connectivity index (χ2n) is 11.3. The average molecular weight is 506 g/mol. The lowest BCUT2D eigenvalue weighted by atomic mass is 9.86. The molecule has 3 atom stereocenters. The number of morpholine rings is 1. The second-order valence-corrected chi connectivity index (χ2v) is 11.3. The zero-order valence-electron chi connectivity index (χ0n) is 22.2. The van der Waals surface area contributed by atoms with Gasteiger partial charge in [-0.1, -0.05) is 24.3 Å². The lowest BCUT2D eigenvalue weighted by molar-refractivity contribution is -0.134. The van der Waals surface area contributed by atoms with Crippen molar-refractivity contribution in [1.82, 2.24) is 24.5 Å². The maximum atomic E-state index is 13.4. The highest BCUT2D eigenvalue weighted by Gasteiger charge is 2.34. The summed E-state index contributed by atoms with van der Waals surface area (Å²) in [5.74, 6) is 0.0845. The molecule has 2 aliphatic heterocycles. The highest BCUT2D eigenvalue weighted by Crippen LogP contribution is 2.34. The topological polar surface area (TPSA) is 70.9 Å². The first kappa shape index (κ1) is 24.6. The number of benzene rings is 1. The fourth-order valence-corrected chi connectivity index (χ4v) is 6.92. The summed E-state index contributed by atoms with van der Waals surface area (Å²) in [6, 6.07) is 9.31. The van der Waals surface area contributed by atoms with E-state index in [1.807, 2.05) is 28.3 Å². The molecular weight excluding hydrogens is 466 g/mol. The Bertz CT molecular complexity index is 1160. The summed E-state index contributed by atoms with van der Waals surface area (Å²) in [7, 11) is 0. The molecule has 1 aromatic carbocycles. The Kier molecular flexibility index (Phi) is 6.80. The number of amides is 2. The summed E-state index contributed by atoms with van der Waals surface area (Å²) in [5.41, 5.74) is 5.62. The Morgan fingerprint density at radius 1 is 0.946 bits per heavy atom. The van der Waals surface area contributed by atoms with Crippen LogP contribution in [0.2, 0.25) is 0 Å². The molecule has 8 nitrogen and oxygen atoms in total. The normalized spacial score (nSPS) is 26.2. The largest absolute Gasteiger partial charge is 0.372 e. The van der Waals surface area contributed by atoms with E-state index in [4.69, 9.17) is 9.84 Å². The van der Waals surface area contributed by atoms with Gasteiger partial charge < -0.3 is 14.5 Å². The van der Waals surface area contributed by atoms with Gasteiger partial charge in [0.05, 0.1) is 12.2 Å². The molecule has 8 heteroatoms. The van der Waals surface area contributed by atoms with Gasteiger partial charge in [0.25, 0.3) is 5.91 Å². The smallest absolute Gasteiger partial charge is 0.274 e. The highest BCUT2D eigenvalue weighted by atomic mass is 16.5. The lowest BCUT2D eigenvalue weighted by Gasteiger charge is -2.41. The van der Waals surface area contributed by atoms with Crippen molar-refractivity contribution in [2.24, 2.45) is 0 Å². The van der Waals surface area contributed by atoms with Crippen molar-refractivity contribution in [3.63, 3.8) is 0 Å². The molecule has 4 aliphatic rings. The van der Waals surface area contributed by atoms with Crippen LogP contribution in [0, 0.1) is 0 Å². The van der Waals surface area contributed by atoms with Gasteiger partial charge >= 0.3 is 0 Å². The van der Waals surface area contributed by atoms with Crippen molar-refractivity contribution < 1.29 is 14.3 Å². The second kappa shape index (κ2) is 10.2. The third kappa shape index (κ3) is 4.81. The number of carbonyl (C=O) groups excluding carboxylic acids is 2. The molecule has 1 unspecified atom stereocenters. The van der Waals surface area contributed by atoms with Crippen LogP contribution in [0.3, 0.4) is 0 Å². The van der Waals surface area contributed by atoms with Crippen LogP contribution < -0.4 is 0 Å². The van der Waals surface area contributed by atoms with Crippen molar-refractivity contribution >= 4 is 11.8 Å². The van der Waals surface area contributed by atoms with E-state index in [9.17, 15) is 9.59 Å². The van der Waals surface area contributed by atoms with Gasteiger partial charge in [-0.2, -0.15) is 5.10 Å². The van der Waals surface area contributed by atoms with Crippen molar-refractivity contribution in [3.05, 3.63) is 52.3 Å². The highest BCUT2D eigenvalue weighted by molar-refractivity contribution is 5.94. The summed E-state index contributed by atoms with van der Waals surface area (Å²) >= 11 is 0. The quantitative estimate of drug-likeness (QED) is 0.639. The van der Waals surface area contributed by atoms with Gasteiger partial charge in [0.15, 0.2) is 5.69 Å². The Balaban J connectivity index is 1.11. The first-order chi connectivity index (χ1) is 18.0. The van der Waals surface area contributed by atoms with Crippen LogP contribution in [-0.2, 0) is 35.3 Å². The maximum absolute atomic E-state index is 13.4. The van der Waals surface area contributed by atoms with E-state index in [-0.39, 0.29) is 30.6 Å². The molecule has 2 aliphatic carbocycles. The van der Waals surface area contributed by atoms with Crippen molar-refractivity contribution in [1.29, 1.82) is 0 Å². The Morgan fingerprint density at radius 2 is 1.70 bits per heavy atom. The predicted molar refractivity (Wildman–Crippen MR) is 140 cm³/mol. The number of hydrogen-bond donors (Lipinski definition) is 0. The number of fused-ring (bicyclic) bond motifs is 2. The lowest BCUT2D eigenvalue weighted by Crippen LogP contribution is -2.51. The zero-order valence-corrected chi connectivity index (χ0v) is 22.2. The molecule has 0 bridgehead atoms. The number of hydrogen-bond acceptors (Lipinski definition) is 5. The van der Waals surface area contributed by atoms with Crippen molar-refractivity contribution in [3.8, 4) is 0 Å². The van der Waals surface area contributed by atoms with Crippen LogP contribution in [0.5, 0.6) is 0 Å². The summed E-state index contributed by atoms with van der Waals surface area (Å²) in [5, 5.41) is 4.73. The van der Waals surface area contributed by atoms with Gasteiger partial charge in [-0.3, -0.25) is 19.2 Å². The van der Waals surface area contributed by atoms with Gasteiger partial charge in [-0.25, -0.2) is 0 Å². The fraction of sp³-hybridized carbons (Fsp3) is 0.621. The van der Waals surface area contributed by atoms with Crippen molar-refractivity contribution in [2.45, 2.75) is 77.2 Å². The minimum atomic E-state index is -0.0206. The van der Waals surface area contributed by atoms with E-state index >= 15 is 0 Å². The van der Waals surface area contributed by atoms with E-state index in [0.717, 1.165) is 56.7 Å². The first-order valence-electron chi connectivity index (χ1n) is 14.1. The monoisotopic (exact) mass is 505 g/mol. The molecule has 3 heterocycles. The molecule has 1 aromatic heterocycles. The average Bonchev–Trinajstić information content (AvgIpc) is 3.51. The van der Waals surface area contributed by atoms with Crippen LogP contribution in [0.15, 0.2) is 24.3 Å². The number of rotatable bonds is 4. The van der Waals surface area contributed by atoms with Crippen LogP contribution in [0.25, 0.3) is 0 Å². The molecule has 0 radical (unpaired) electrons. The molecule has 0 saturated carbocycles. The Hall–Kier alpha value is -2.71. The molecule has 0 N–H and O–H groups in total. The van der Waals surface area contributed by atoms with Crippen LogP contribution in [0.1, 0.15) is 72.0 Å². The maximum Gasteiger partial charge on any atom is 0.274 e. The Morgan fingerprint density at radius 3 is 2.49 bits per heavy atom. The molecule has 0 spiro atoms. The van der Waals surface area contributed by atoms with Crippen molar-refractivity contribution in [2.75, 3.05) is 39.3 Å². The standard InChI is InChI=1S/C29H39N5O3/c1-20-17-33(18-21(2)37-20)29(36)28-24-10-6-12-26(24)34(30-28)19-27(35)32-15-13-31(14-16-32)25-11-5-8-22-7-3-4-9-23(22)25/h3-4,7,9,20-21,25H,5-6,8,10-19H2,1-2H3/t20-,21+,25?. The van der Waals surface area contributed by atoms with E-state index in [1.54, 1.807) is 0 Å².